The van der Waals surface area contributed by atoms with E-state index in [-0.39, 0.29) is 6.10 Å². The molecule has 5 nitrogen and oxygen atoms in total. The van der Waals surface area contributed by atoms with Gasteiger partial charge in [-0.25, -0.2) is 9.50 Å². The summed E-state index contributed by atoms with van der Waals surface area (Å²) in [6.45, 7) is 3.39. The van der Waals surface area contributed by atoms with Crippen LogP contribution in [0.4, 0.5) is 5.69 Å². The van der Waals surface area contributed by atoms with Crippen molar-refractivity contribution in [2.45, 2.75) is 19.4 Å². The minimum Gasteiger partial charge on any atom is -0.391 e. The van der Waals surface area contributed by atoms with Gasteiger partial charge in [0.15, 0.2) is 10.8 Å². The summed E-state index contributed by atoms with van der Waals surface area (Å²) in [6.07, 6.45) is 0.509. The highest BCUT2D eigenvalue weighted by molar-refractivity contribution is 14.1. The van der Waals surface area contributed by atoms with Crippen molar-refractivity contribution in [1.82, 2.24) is 14.6 Å². The highest BCUT2D eigenvalue weighted by Crippen LogP contribution is 2.28. The first-order valence-electron chi connectivity index (χ1n) is 5.70. The molecule has 2 aromatic rings. The fourth-order valence-electron chi connectivity index (χ4n) is 2.25. The summed E-state index contributed by atoms with van der Waals surface area (Å²) in [7, 11) is 0. The summed E-state index contributed by atoms with van der Waals surface area (Å²) >= 11 is 8.28. The Morgan fingerprint density at radius 2 is 2.33 bits per heavy atom. The highest BCUT2D eigenvalue weighted by atomic mass is 127. The monoisotopic (exact) mass is 378 g/mol. The predicted molar refractivity (Wildman–Crippen MR) is 78.3 cm³/mol. The number of anilines is 1. The first-order valence-corrected chi connectivity index (χ1v) is 7.16. The molecule has 3 rings (SSSR count). The minimum absolute atomic E-state index is 0.271. The van der Waals surface area contributed by atoms with Crippen molar-refractivity contribution in [3.63, 3.8) is 0 Å². The van der Waals surface area contributed by atoms with E-state index in [0.29, 0.717) is 11.7 Å². The van der Waals surface area contributed by atoms with E-state index in [0.717, 1.165) is 33.7 Å². The molecule has 0 aromatic carbocycles. The van der Waals surface area contributed by atoms with Crippen LogP contribution in [0.3, 0.4) is 0 Å². The molecular weight excluding hydrogens is 367 g/mol. The average Bonchev–Trinajstić information content (AvgIpc) is 2.86. The van der Waals surface area contributed by atoms with Gasteiger partial charge in [0, 0.05) is 19.2 Å². The summed E-state index contributed by atoms with van der Waals surface area (Å²) in [4.78, 5) is 6.64. The van der Waals surface area contributed by atoms with Crippen LogP contribution in [0.2, 0.25) is 5.15 Å². The molecule has 0 spiro atoms. The average molecular weight is 379 g/mol. The van der Waals surface area contributed by atoms with Gasteiger partial charge in [-0.15, -0.1) is 0 Å². The SMILES string of the molecule is Cc1nc2c(N3CCC(O)C3)cc(Cl)nn2c1I. The third kappa shape index (κ3) is 1.96. The Balaban J connectivity index is 2.19. The lowest BCUT2D eigenvalue weighted by atomic mass is 10.3. The zero-order valence-electron chi connectivity index (χ0n) is 9.77. The molecule has 1 fully saturated rings. The molecule has 0 amide bonds. The van der Waals surface area contributed by atoms with Crippen molar-refractivity contribution in [2.75, 3.05) is 18.0 Å². The Morgan fingerprint density at radius 3 is 3.00 bits per heavy atom. The molecule has 2 aromatic heterocycles. The van der Waals surface area contributed by atoms with Crippen LogP contribution in [0.1, 0.15) is 12.1 Å². The Labute approximate surface area is 123 Å². The molecular formula is C11H12ClIN4O. The molecule has 1 saturated heterocycles. The van der Waals surface area contributed by atoms with E-state index in [2.05, 4.69) is 37.6 Å². The van der Waals surface area contributed by atoms with E-state index in [1.54, 1.807) is 4.52 Å². The molecule has 0 saturated carbocycles. The summed E-state index contributed by atoms with van der Waals surface area (Å²) < 4.78 is 2.73. The number of nitrogens with zero attached hydrogens (tertiary/aromatic N) is 4. The van der Waals surface area contributed by atoms with Crippen LogP contribution in [0.15, 0.2) is 6.07 Å². The molecule has 1 unspecified atom stereocenters. The molecule has 1 aliphatic rings. The van der Waals surface area contributed by atoms with Crippen LogP contribution >= 0.6 is 34.2 Å². The van der Waals surface area contributed by atoms with Crippen LogP contribution in [-0.2, 0) is 0 Å². The lowest BCUT2D eigenvalue weighted by Crippen LogP contribution is -2.22. The normalized spacial score (nSPS) is 20.0. The molecule has 0 radical (unpaired) electrons. The van der Waals surface area contributed by atoms with E-state index in [9.17, 15) is 5.11 Å². The van der Waals surface area contributed by atoms with E-state index < -0.39 is 0 Å². The lowest BCUT2D eigenvalue weighted by Gasteiger charge is -2.18. The summed E-state index contributed by atoms with van der Waals surface area (Å²) in [5.41, 5.74) is 2.68. The zero-order chi connectivity index (χ0) is 12.9. The van der Waals surface area contributed by atoms with Crippen LogP contribution in [0.25, 0.3) is 5.65 Å². The number of hydrogen-bond donors (Lipinski definition) is 1. The number of aliphatic hydroxyl groups excluding tert-OH is 1. The van der Waals surface area contributed by atoms with Crippen LogP contribution in [-0.4, -0.2) is 38.9 Å². The number of β-amino-alcohol motifs (C(OH)–C–C–N with tert-alkyl or cyclic N) is 1. The third-order valence-corrected chi connectivity index (χ3v) is 4.57. The topological polar surface area (TPSA) is 53.7 Å². The Bertz CT molecular complexity index is 615. The van der Waals surface area contributed by atoms with Gasteiger partial charge in [-0.2, -0.15) is 5.10 Å². The molecule has 7 heteroatoms. The largest absolute Gasteiger partial charge is 0.391 e. The van der Waals surface area contributed by atoms with Gasteiger partial charge in [0.2, 0.25) is 0 Å². The van der Waals surface area contributed by atoms with Crippen molar-refractivity contribution in [2.24, 2.45) is 0 Å². The van der Waals surface area contributed by atoms with E-state index in [4.69, 9.17) is 11.6 Å². The smallest absolute Gasteiger partial charge is 0.178 e. The Morgan fingerprint density at radius 1 is 1.56 bits per heavy atom. The van der Waals surface area contributed by atoms with Crippen molar-refractivity contribution < 1.29 is 5.11 Å². The Hall–Kier alpha value is -0.600. The molecule has 1 atom stereocenters. The first-order chi connectivity index (χ1) is 8.56. The second kappa shape index (κ2) is 4.50. The van der Waals surface area contributed by atoms with Crippen molar-refractivity contribution >= 4 is 45.5 Å². The standard InChI is InChI=1S/C11H12ClIN4O/c1-6-10(13)17-11(14-6)8(4-9(12)15-17)16-3-2-7(18)5-16/h4,7,18H,2-3,5H2,1H3. The maximum atomic E-state index is 9.64. The molecule has 18 heavy (non-hydrogen) atoms. The predicted octanol–water partition coefficient (Wildman–Crippen LogP) is 1.87. The number of hydrogen-bond acceptors (Lipinski definition) is 4. The number of rotatable bonds is 1. The maximum Gasteiger partial charge on any atom is 0.178 e. The lowest BCUT2D eigenvalue weighted by molar-refractivity contribution is 0.198. The van der Waals surface area contributed by atoms with Crippen molar-refractivity contribution in [3.05, 3.63) is 20.6 Å². The van der Waals surface area contributed by atoms with Crippen molar-refractivity contribution in [3.8, 4) is 0 Å². The number of aliphatic hydroxyl groups is 1. The first kappa shape index (κ1) is 12.4. The van der Waals surface area contributed by atoms with E-state index in [1.807, 2.05) is 13.0 Å². The zero-order valence-corrected chi connectivity index (χ0v) is 12.7. The minimum atomic E-state index is -0.271. The van der Waals surface area contributed by atoms with Gasteiger partial charge in [-0.3, -0.25) is 0 Å². The van der Waals surface area contributed by atoms with Gasteiger partial charge in [0.05, 0.1) is 17.5 Å². The summed E-state index contributed by atoms with van der Waals surface area (Å²) in [5, 5.41) is 14.4. The fraction of sp³-hybridized carbons (Fsp3) is 0.455. The molecule has 0 bridgehead atoms. The third-order valence-electron chi connectivity index (χ3n) is 3.14. The molecule has 1 N–H and O–H groups in total. The van der Waals surface area contributed by atoms with Gasteiger partial charge in [-0.1, -0.05) is 11.6 Å². The second-order valence-corrected chi connectivity index (χ2v) is 5.87. The van der Waals surface area contributed by atoms with Crippen LogP contribution in [0.5, 0.6) is 0 Å². The quantitative estimate of drug-likeness (QED) is 0.770. The number of aromatic nitrogens is 3. The van der Waals surface area contributed by atoms with Gasteiger partial charge >= 0.3 is 0 Å². The highest BCUT2D eigenvalue weighted by Gasteiger charge is 2.24. The van der Waals surface area contributed by atoms with Gasteiger partial charge < -0.3 is 10.0 Å². The number of imidazole rings is 1. The second-order valence-electron chi connectivity index (χ2n) is 4.46. The van der Waals surface area contributed by atoms with Gasteiger partial charge in [0.1, 0.15) is 3.70 Å². The number of halogens is 2. The van der Waals surface area contributed by atoms with E-state index >= 15 is 0 Å². The Kier molecular flexibility index (Phi) is 3.11. The summed E-state index contributed by atoms with van der Waals surface area (Å²) in [5.74, 6) is 0. The fourth-order valence-corrected chi connectivity index (χ4v) is 2.89. The van der Waals surface area contributed by atoms with Gasteiger partial charge in [0.25, 0.3) is 0 Å². The summed E-state index contributed by atoms with van der Waals surface area (Å²) in [6, 6.07) is 1.82. The maximum absolute atomic E-state index is 9.64. The number of fused-ring (bicyclic) bond motifs is 1. The molecule has 0 aliphatic carbocycles. The number of aryl methyl sites for hydroxylation is 1. The molecule has 1 aliphatic heterocycles. The molecule has 96 valence electrons. The van der Waals surface area contributed by atoms with Crippen molar-refractivity contribution in [1.29, 1.82) is 0 Å². The van der Waals surface area contributed by atoms with Crippen LogP contribution in [0, 0.1) is 10.6 Å². The molecule has 3 heterocycles. The van der Waals surface area contributed by atoms with Crippen LogP contribution < -0.4 is 4.90 Å². The van der Waals surface area contributed by atoms with E-state index in [1.165, 1.54) is 0 Å². The van der Waals surface area contributed by atoms with Gasteiger partial charge in [-0.05, 0) is 35.9 Å².